The van der Waals surface area contributed by atoms with Gasteiger partial charge < -0.3 is 14.8 Å². The first kappa shape index (κ1) is 14.0. The zero-order valence-electron chi connectivity index (χ0n) is 11.8. The van der Waals surface area contributed by atoms with Gasteiger partial charge in [-0.25, -0.2) is 0 Å². The van der Waals surface area contributed by atoms with E-state index in [0.717, 1.165) is 19.6 Å². The van der Waals surface area contributed by atoms with E-state index in [9.17, 15) is 0 Å². The Balaban J connectivity index is 1.78. The smallest absolute Gasteiger partial charge is 0.0965 e. The molecule has 0 radical (unpaired) electrons. The van der Waals surface area contributed by atoms with E-state index < -0.39 is 0 Å². The van der Waals surface area contributed by atoms with Gasteiger partial charge in [-0.3, -0.25) is 0 Å². The molecule has 1 N–H and O–H groups in total. The van der Waals surface area contributed by atoms with E-state index in [1.165, 1.54) is 15.6 Å². The second-order valence-corrected chi connectivity index (χ2v) is 6.02. The molecule has 20 heavy (non-hydrogen) atoms. The molecule has 2 unspecified atom stereocenters. The van der Waals surface area contributed by atoms with Gasteiger partial charge in [0.1, 0.15) is 0 Å². The molecular weight excluding hydrogens is 270 g/mol. The number of hydrogen-bond acceptors (Lipinski definition) is 4. The van der Waals surface area contributed by atoms with Gasteiger partial charge in [0.15, 0.2) is 0 Å². The Bertz CT molecular complexity index is 548. The van der Waals surface area contributed by atoms with Crippen molar-refractivity contribution in [1.82, 2.24) is 5.32 Å². The van der Waals surface area contributed by atoms with Crippen LogP contribution in [0.25, 0.3) is 10.1 Å². The Kier molecular flexibility index (Phi) is 4.68. The molecule has 1 fully saturated rings. The highest BCUT2D eigenvalue weighted by atomic mass is 32.1. The van der Waals surface area contributed by atoms with Gasteiger partial charge in [0.2, 0.25) is 0 Å². The topological polar surface area (TPSA) is 30.5 Å². The van der Waals surface area contributed by atoms with Gasteiger partial charge in [-0.1, -0.05) is 25.1 Å². The molecule has 3 rings (SSSR count). The second kappa shape index (κ2) is 6.68. The summed E-state index contributed by atoms with van der Waals surface area (Å²) in [6.45, 7) is 5.21. The Hall–Kier alpha value is -0.940. The van der Waals surface area contributed by atoms with E-state index in [1.807, 2.05) is 11.3 Å². The summed E-state index contributed by atoms with van der Waals surface area (Å²) in [5, 5.41) is 7.20. The SMILES string of the molecule is CCNC(Cc1csc2ccccc12)C1COCCO1. The molecule has 1 saturated heterocycles. The molecule has 1 aliphatic rings. The van der Waals surface area contributed by atoms with Crippen molar-refractivity contribution in [3.8, 4) is 0 Å². The molecule has 0 bridgehead atoms. The van der Waals surface area contributed by atoms with Crippen LogP contribution in [0.1, 0.15) is 12.5 Å². The molecule has 1 aromatic carbocycles. The number of likely N-dealkylation sites (N-methyl/N-ethyl adjacent to an activating group) is 1. The van der Waals surface area contributed by atoms with Crippen LogP contribution in [-0.4, -0.2) is 38.5 Å². The van der Waals surface area contributed by atoms with Gasteiger partial charge in [0.25, 0.3) is 0 Å². The van der Waals surface area contributed by atoms with Crippen LogP contribution in [-0.2, 0) is 15.9 Å². The Morgan fingerprint density at radius 3 is 3.05 bits per heavy atom. The van der Waals surface area contributed by atoms with Crippen LogP contribution < -0.4 is 5.32 Å². The van der Waals surface area contributed by atoms with Crippen LogP contribution in [0.15, 0.2) is 29.6 Å². The van der Waals surface area contributed by atoms with Crippen molar-refractivity contribution in [2.24, 2.45) is 0 Å². The van der Waals surface area contributed by atoms with E-state index in [4.69, 9.17) is 9.47 Å². The van der Waals surface area contributed by atoms with E-state index in [-0.39, 0.29) is 6.10 Å². The predicted octanol–water partition coefficient (Wildman–Crippen LogP) is 2.84. The summed E-state index contributed by atoms with van der Waals surface area (Å²) in [5.74, 6) is 0. The number of thiophene rings is 1. The van der Waals surface area contributed by atoms with Crippen LogP contribution in [0.3, 0.4) is 0 Å². The van der Waals surface area contributed by atoms with Gasteiger partial charge in [0.05, 0.1) is 25.9 Å². The van der Waals surface area contributed by atoms with Gasteiger partial charge in [-0.2, -0.15) is 0 Å². The van der Waals surface area contributed by atoms with E-state index >= 15 is 0 Å². The molecule has 0 amide bonds. The molecule has 1 aliphatic heterocycles. The lowest BCUT2D eigenvalue weighted by molar-refractivity contribution is -0.101. The van der Waals surface area contributed by atoms with Crippen molar-refractivity contribution in [1.29, 1.82) is 0 Å². The number of benzene rings is 1. The maximum absolute atomic E-state index is 5.87. The minimum absolute atomic E-state index is 0.155. The van der Waals surface area contributed by atoms with E-state index in [1.54, 1.807) is 0 Å². The highest BCUT2D eigenvalue weighted by Crippen LogP contribution is 2.27. The maximum atomic E-state index is 5.87. The van der Waals surface area contributed by atoms with Crippen LogP contribution in [0.4, 0.5) is 0 Å². The molecule has 108 valence electrons. The Labute approximate surface area is 123 Å². The lowest BCUT2D eigenvalue weighted by Gasteiger charge is -2.31. The fraction of sp³-hybridized carbons (Fsp3) is 0.500. The molecule has 2 aromatic rings. The zero-order valence-corrected chi connectivity index (χ0v) is 12.6. The normalized spacial score (nSPS) is 21.1. The predicted molar refractivity (Wildman–Crippen MR) is 83.6 cm³/mol. The monoisotopic (exact) mass is 291 g/mol. The third-order valence-corrected chi connectivity index (χ3v) is 4.77. The van der Waals surface area contributed by atoms with Crippen molar-refractivity contribution in [3.63, 3.8) is 0 Å². The highest BCUT2D eigenvalue weighted by Gasteiger charge is 2.25. The van der Waals surface area contributed by atoms with Crippen molar-refractivity contribution < 1.29 is 9.47 Å². The lowest BCUT2D eigenvalue weighted by Crippen LogP contribution is -2.47. The fourth-order valence-corrected chi connectivity index (χ4v) is 3.74. The fourth-order valence-electron chi connectivity index (χ4n) is 2.76. The van der Waals surface area contributed by atoms with E-state index in [0.29, 0.717) is 19.3 Å². The highest BCUT2D eigenvalue weighted by molar-refractivity contribution is 7.17. The summed E-state index contributed by atoms with van der Waals surface area (Å²) in [6, 6.07) is 8.93. The van der Waals surface area contributed by atoms with E-state index in [2.05, 4.69) is 41.9 Å². The Morgan fingerprint density at radius 2 is 2.25 bits per heavy atom. The first-order valence-electron chi connectivity index (χ1n) is 7.26. The largest absolute Gasteiger partial charge is 0.376 e. The standard InChI is InChI=1S/C16H21NO2S/c1-2-17-14(15-10-18-7-8-19-15)9-12-11-20-16-6-4-3-5-13(12)16/h3-6,11,14-15,17H,2,7-10H2,1H3. The first-order valence-corrected chi connectivity index (χ1v) is 8.14. The summed E-state index contributed by atoms with van der Waals surface area (Å²) in [7, 11) is 0. The average Bonchev–Trinajstić information content (AvgIpc) is 2.91. The quantitative estimate of drug-likeness (QED) is 0.919. The second-order valence-electron chi connectivity index (χ2n) is 5.11. The summed E-state index contributed by atoms with van der Waals surface area (Å²) < 4.78 is 12.8. The minimum Gasteiger partial charge on any atom is -0.376 e. The Morgan fingerprint density at radius 1 is 1.35 bits per heavy atom. The molecule has 2 heterocycles. The van der Waals surface area contributed by atoms with Gasteiger partial charge in [-0.15, -0.1) is 11.3 Å². The molecule has 4 heteroatoms. The van der Waals surface area contributed by atoms with Crippen LogP contribution in [0.5, 0.6) is 0 Å². The van der Waals surface area contributed by atoms with Crippen molar-refractivity contribution in [3.05, 3.63) is 35.2 Å². The summed E-state index contributed by atoms with van der Waals surface area (Å²) in [4.78, 5) is 0. The molecule has 3 nitrogen and oxygen atoms in total. The lowest BCUT2D eigenvalue weighted by atomic mass is 10.0. The first-order chi connectivity index (χ1) is 9.88. The van der Waals surface area contributed by atoms with Gasteiger partial charge >= 0.3 is 0 Å². The number of hydrogen-bond donors (Lipinski definition) is 1. The van der Waals surface area contributed by atoms with Crippen molar-refractivity contribution in [2.45, 2.75) is 25.5 Å². The summed E-state index contributed by atoms with van der Waals surface area (Å²) in [6.07, 6.45) is 1.15. The number of rotatable bonds is 5. The molecule has 1 aromatic heterocycles. The van der Waals surface area contributed by atoms with Gasteiger partial charge in [-0.05, 0) is 35.4 Å². The van der Waals surface area contributed by atoms with Crippen molar-refractivity contribution >= 4 is 21.4 Å². The zero-order chi connectivity index (χ0) is 13.8. The van der Waals surface area contributed by atoms with Crippen LogP contribution in [0, 0.1) is 0 Å². The van der Waals surface area contributed by atoms with Crippen molar-refractivity contribution in [2.75, 3.05) is 26.4 Å². The molecular formula is C16H21NO2S. The van der Waals surface area contributed by atoms with Gasteiger partial charge in [0, 0.05) is 10.7 Å². The summed E-state index contributed by atoms with van der Waals surface area (Å²) in [5.41, 5.74) is 1.41. The molecule has 0 saturated carbocycles. The number of nitrogens with one attached hydrogen (secondary N) is 1. The molecule has 0 spiro atoms. The molecule has 0 aliphatic carbocycles. The van der Waals surface area contributed by atoms with Crippen LogP contribution in [0.2, 0.25) is 0 Å². The average molecular weight is 291 g/mol. The minimum atomic E-state index is 0.155. The summed E-state index contributed by atoms with van der Waals surface area (Å²) >= 11 is 1.82. The molecule has 2 atom stereocenters. The van der Waals surface area contributed by atoms with Crippen LogP contribution >= 0.6 is 11.3 Å². The number of fused-ring (bicyclic) bond motifs is 1. The maximum Gasteiger partial charge on any atom is 0.0965 e. The third-order valence-electron chi connectivity index (χ3n) is 3.76. The third kappa shape index (κ3) is 3.04. The number of ether oxygens (including phenoxy) is 2.